The summed E-state index contributed by atoms with van der Waals surface area (Å²) >= 11 is 0. The lowest BCUT2D eigenvalue weighted by Crippen LogP contribution is -2.36. The van der Waals surface area contributed by atoms with Crippen LogP contribution in [-0.4, -0.2) is 24.5 Å². The Hall–Kier alpha value is -0.160. The molecular formula is C3H9N3O. The maximum absolute atomic E-state index is 8.40. The van der Waals surface area contributed by atoms with Crippen LogP contribution in [-0.2, 0) is 0 Å². The summed E-state index contributed by atoms with van der Waals surface area (Å²) in [5.74, 6) is 0. The fourth-order valence-electron chi connectivity index (χ4n) is 0.510. The van der Waals surface area contributed by atoms with Crippen molar-refractivity contribution >= 4 is 0 Å². The molecule has 1 aliphatic heterocycles. The third kappa shape index (κ3) is 1.10. The minimum absolute atomic E-state index is 0.0417. The lowest BCUT2D eigenvalue weighted by molar-refractivity contribution is 0.240. The number of rotatable bonds is 1. The second kappa shape index (κ2) is 2.23. The molecule has 0 spiro atoms. The molecule has 0 bridgehead atoms. The van der Waals surface area contributed by atoms with E-state index >= 15 is 0 Å². The second-order valence-corrected chi connectivity index (χ2v) is 1.44. The fraction of sp³-hybridized carbons (Fsp3) is 1.00. The molecule has 0 aromatic carbocycles. The van der Waals surface area contributed by atoms with Gasteiger partial charge in [0.1, 0.15) is 0 Å². The minimum atomic E-state index is 0.0417. The highest BCUT2D eigenvalue weighted by molar-refractivity contribution is 4.63. The first-order valence-corrected chi connectivity index (χ1v) is 2.26. The zero-order chi connectivity index (χ0) is 5.11. The Morgan fingerprint density at radius 1 is 1.71 bits per heavy atom. The third-order valence-electron chi connectivity index (χ3n) is 0.896. The van der Waals surface area contributed by atoms with Crippen LogP contribution >= 0.6 is 0 Å². The molecule has 1 aliphatic rings. The lowest BCUT2D eigenvalue weighted by atomic mass is 10.6. The molecule has 0 aromatic rings. The van der Waals surface area contributed by atoms with Gasteiger partial charge < -0.3 is 5.11 Å². The molecular weight excluding hydrogens is 94.1 g/mol. The molecule has 1 unspecified atom stereocenters. The number of hydrazine groups is 1. The predicted octanol–water partition coefficient (Wildman–Crippen LogP) is -2.04. The van der Waals surface area contributed by atoms with Gasteiger partial charge in [0.2, 0.25) is 0 Å². The van der Waals surface area contributed by atoms with Gasteiger partial charge in [-0.1, -0.05) is 0 Å². The fourth-order valence-corrected chi connectivity index (χ4v) is 0.510. The molecule has 7 heavy (non-hydrogen) atoms. The standard InChI is InChI=1S/C3H9N3O/c7-1-3-4-2-5-6-3/h3-7H,1-2H2. The number of hydrogen-bond donors (Lipinski definition) is 4. The summed E-state index contributed by atoms with van der Waals surface area (Å²) in [5.41, 5.74) is 5.60. The first kappa shape index (κ1) is 4.99. The summed E-state index contributed by atoms with van der Waals surface area (Å²) in [4.78, 5) is 0. The maximum Gasteiger partial charge on any atom is 0.0948 e. The van der Waals surface area contributed by atoms with Gasteiger partial charge in [-0.25, -0.2) is 10.9 Å². The molecule has 0 radical (unpaired) electrons. The highest BCUT2D eigenvalue weighted by Crippen LogP contribution is 1.74. The Morgan fingerprint density at radius 2 is 2.57 bits per heavy atom. The van der Waals surface area contributed by atoms with E-state index in [0.717, 1.165) is 6.67 Å². The Balaban J connectivity index is 2.14. The zero-order valence-electron chi connectivity index (χ0n) is 3.94. The van der Waals surface area contributed by atoms with Gasteiger partial charge in [0.15, 0.2) is 0 Å². The number of aliphatic hydroxyl groups is 1. The largest absolute Gasteiger partial charge is 0.393 e. The van der Waals surface area contributed by atoms with Crippen LogP contribution in [0.3, 0.4) is 0 Å². The molecule has 0 amide bonds. The Morgan fingerprint density at radius 3 is 2.86 bits per heavy atom. The van der Waals surface area contributed by atoms with Gasteiger partial charge in [-0.05, 0) is 0 Å². The van der Waals surface area contributed by atoms with Gasteiger partial charge >= 0.3 is 0 Å². The highest BCUT2D eigenvalue weighted by atomic mass is 16.3. The first-order chi connectivity index (χ1) is 3.43. The van der Waals surface area contributed by atoms with Crippen LogP contribution in [0, 0.1) is 0 Å². The molecule has 0 aliphatic carbocycles. The number of hydrogen-bond acceptors (Lipinski definition) is 4. The van der Waals surface area contributed by atoms with Crippen molar-refractivity contribution in [3.63, 3.8) is 0 Å². The first-order valence-electron chi connectivity index (χ1n) is 2.26. The van der Waals surface area contributed by atoms with E-state index in [1.807, 2.05) is 0 Å². The van der Waals surface area contributed by atoms with Crippen LogP contribution in [0.4, 0.5) is 0 Å². The van der Waals surface area contributed by atoms with Crippen LogP contribution in [0.2, 0.25) is 0 Å². The minimum Gasteiger partial charge on any atom is -0.393 e. The molecule has 4 N–H and O–H groups in total. The molecule has 4 heteroatoms. The molecule has 4 nitrogen and oxygen atoms in total. The molecule has 1 atom stereocenters. The third-order valence-corrected chi connectivity index (χ3v) is 0.896. The van der Waals surface area contributed by atoms with Crippen molar-refractivity contribution in [2.45, 2.75) is 6.17 Å². The van der Waals surface area contributed by atoms with Gasteiger partial charge in [0.05, 0.1) is 19.4 Å². The summed E-state index contributed by atoms with van der Waals surface area (Å²) in [6, 6.07) is 0. The van der Waals surface area contributed by atoms with Crippen LogP contribution in [0.15, 0.2) is 0 Å². The van der Waals surface area contributed by atoms with Gasteiger partial charge in [-0.15, -0.1) is 0 Å². The van der Waals surface area contributed by atoms with Gasteiger partial charge in [-0.2, -0.15) is 0 Å². The van der Waals surface area contributed by atoms with Crippen LogP contribution in [0.5, 0.6) is 0 Å². The summed E-state index contributed by atoms with van der Waals surface area (Å²) in [6.07, 6.45) is 0.0417. The molecule has 0 saturated carbocycles. The van der Waals surface area contributed by atoms with E-state index in [9.17, 15) is 0 Å². The molecule has 42 valence electrons. The Kier molecular flexibility index (Phi) is 1.59. The van der Waals surface area contributed by atoms with Crippen molar-refractivity contribution in [2.24, 2.45) is 0 Å². The van der Waals surface area contributed by atoms with Crippen LogP contribution in [0.25, 0.3) is 0 Å². The smallest absolute Gasteiger partial charge is 0.0948 e. The van der Waals surface area contributed by atoms with Crippen molar-refractivity contribution in [1.29, 1.82) is 0 Å². The van der Waals surface area contributed by atoms with E-state index in [1.165, 1.54) is 0 Å². The normalized spacial score (nSPS) is 31.3. The average Bonchev–Trinajstić information content (AvgIpc) is 2.14. The Labute approximate surface area is 41.9 Å². The van der Waals surface area contributed by atoms with Crippen LogP contribution in [0.1, 0.15) is 0 Å². The van der Waals surface area contributed by atoms with E-state index in [-0.39, 0.29) is 12.8 Å². The van der Waals surface area contributed by atoms with E-state index in [1.54, 1.807) is 0 Å². The van der Waals surface area contributed by atoms with Crippen molar-refractivity contribution in [3.05, 3.63) is 0 Å². The molecule has 1 heterocycles. The predicted molar refractivity (Wildman–Crippen MR) is 25.1 cm³/mol. The Bertz CT molecular complexity index is 52.1. The summed E-state index contributed by atoms with van der Waals surface area (Å²) in [6.45, 7) is 0.859. The topological polar surface area (TPSA) is 56.3 Å². The number of nitrogens with one attached hydrogen (secondary N) is 3. The zero-order valence-corrected chi connectivity index (χ0v) is 3.94. The number of aliphatic hydroxyl groups excluding tert-OH is 1. The van der Waals surface area contributed by atoms with Gasteiger partial charge in [0, 0.05) is 0 Å². The van der Waals surface area contributed by atoms with Gasteiger partial charge in [0.25, 0.3) is 0 Å². The highest BCUT2D eigenvalue weighted by Gasteiger charge is 2.08. The maximum atomic E-state index is 8.40. The lowest BCUT2D eigenvalue weighted by Gasteiger charge is -2.01. The average molecular weight is 103 g/mol. The van der Waals surface area contributed by atoms with Crippen molar-refractivity contribution in [2.75, 3.05) is 13.3 Å². The van der Waals surface area contributed by atoms with E-state index in [4.69, 9.17) is 5.11 Å². The van der Waals surface area contributed by atoms with Gasteiger partial charge in [-0.3, -0.25) is 5.32 Å². The van der Waals surface area contributed by atoms with Crippen LogP contribution < -0.4 is 16.2 Å². The molecule has 1 fully saturated rings. The summed E-state index contributed by atoms with van der Waals surface area (Å²) in [5, 5.41) is 11.3. The molecule has 1 rings (SSSR count). The summed E-state index contributed by atoms with van der Waals surface area (Å²) in [7, 11) is 0. The van der Waals surface area contributed by atoms with E-state index < -0.39 is 0 Å². The quantitative estimate of drug-likeness (QED) is 0.309. The second-order valence-electron chi connectivity index (χ2n) is 1.44. The SMILES string of the molecule is OCC1NCNN1. The van der Waals surface area contributed by atoms with Crippen molar-refractivity contribution < 1.29 is 5.11 Å². The van der Waals surface area contributed by atoms with E-state index in [0.29, 0.717) is 0 Å². The monoisotopic (exact) mass is 103 g/mol. The molecule has 1 saturated heterocycles. The van der Waals surface area contributed by atoms with Crippen molar-refractivity contribution in [3.8, 4) is 0 Å². The summed E-state index contributed by atoms with van der Waals surface area (Å²) < 4.78 is 0. The van der Waals surface area contributed by atoms with E-state index in [2.05, 4.69) is 16.2 Å². The van der Waals surface area contributed by atoms with Crippen molar-refractivity contribution in [1.82, 2.24) is 16.2 Å². The molecule has 0 aromatic heterocycles.